The molecule has 1 aromatic carbocycles. The van der Waals surface area contributed by atoms with E-state index < -0.39 is 0 Å². The number of hydrogen-bond acceptors (Lipinski definition) is 2. The molecule has 0 saturated heterocycles. The number of para-hydroxylation sites is 1. The van der Waals surface area contributed by atoms with Crippen LogP contribution in [0.1, 0.15) is 33.3 Å². The molecule has 0 aliphatic carbocycles. The van der Waals surface area contributed by atoms with E-state index in [9.17, 15) is 0 Å². The summed E-state index contributed by atoms with van der Waals surface area (Å²) in [7, 11) is 0. The van der Waals surface area contributed by atoms with Gasteiger partial charge in [0.15, 0.2) is 0 Å². The molecule has 0 spiro atoms. The fourth-order valence-corrected chi connectivity index (χ4v) is 1.14. The molecule has 0 amide bonds. The minimum Gasteiger partial charge on any atom is -0.493 e. The van der Waals surface area contributed by atoms with Gasteiger partial charge in [0.1, 0.15) is 5.75 Å². The number of hydrogen-bond donors (Lipinski definition) is 0. The van der Waals surface area contributed by atoms with E-state index in [0.717, 1.165) is 11.3 Å². The Bertz CT molecular complexity index is 337. The van der Waals surface area contributed by atoms with Gasteiger partial charge >= 0.3 is 0 Å². The Labute approximate surface area is 92.0 Å². The summed E-state index contributed by atoms with van der Waals surface area (Å²) in [4.78, 5) is 4.46. The average Bonchev–Trinajstić information content (AvgIpc) is 2.16. The molecule has 2 nitrogen and oxygen atoms in total. The summed E-state index contributed by atoms with van der Waals surface area (Å²) < 4.78 is 5.51. The number of benzene rings is 1. The number of ether oxygens (including phenoxy) is 1. The standard InChI is InChI=1S/C13H19NO/c1-5-15-12-9-7-6-8-11(12)10-14-13(2,3)4/h6-10H,5H2,1-4H3. The van der Waals surface area contributed by atoms with Crippen LogP contribution < -0.4 is 4.74 Å². The third kappa shape index (κ3) is 4.15. The zero-order valence-corrected chi connectivity index (χ0v) is 9.95. The molecule has 0 unspecified atom stereocenters. The fourth-order valence-electron chi connectivity index (χ4n) is 1.14. The second-order valence-electron chi connectivity index (χ2n) is 4.40. The second kappa shape index (κ2) is 4.96. The molecule has 0 radical (unpaired) electrons. The molecule has 82 valence electrons. The molecule has 0 fully saturated rings. The normalized spacial score (nSPS) is 12.0. The van der Waals surface area contributed by atoms with Crippen LogP contribution in [0.3, 0.4) is 0 Å². The van der Waals surface area contributed by atoms with Crippen LogP contribution in [0.4, 0.5) is 0 Å². The van der Waals surface area contributed by atoms with Crippen molar-refractivity contribution < 1.29 is 4.74 Å². The third-order valence-corrected chi connectivity index (χ3v) is 1.81. The predicted octanol–water partition coefficient (Wildman–Crippen LogP) is 3.30. The minimum atomic E-state index is -0.0423. The van der Waals surface area contributed by atoms with E-state index in [1.807, 2.05) is 37.4 Å². The largest absolute Gasteiger partial charge is 0.493 e. The van der Waals surface area contributed by atoms with Gasteiger partial charge in [0.2, 0.25) is 0 Å². The summed E-state index contributed by atoms with van der Waals surface area (Å²) in [5, 5.41) is 0. The molecule has 0 aliphatic rings. The van der Waals surface area contributed by atoms with Crippen LogP contribution in [0.25, 0.3) is 0 Å². The first-order chi connectivity index (χ1) is 7.03. The van der Waals surface area contributed by atoms with Crippen molar-refractivity contribution in [3.63, 3.8) is 0 Å². The summed E-state index contributed by atoms with van der Waals surface area (Å²) in [5.74, 6) is 0.896. The van der Waals surface area contributed by atoms with E-state index in [-0.39, 0.29) is 5.54 Å². The fraction of sp³-hybridized carbons (Fsp3) is 0.462. The van der Waals surface area contributed by atoms with E-state index >= 15 is 0 Å². The van der Waals surface area contributed by atoms with E-state index in [2.05, 4.69) is 25.8 Å². The summed E-state index contributed by atoms with van der Waals surface area (Å²) in [6, 6.07) is 7.94. The van der Waals surface area contributed by atoms with E-state index in [4.69, 9.17) is 4.74 Å². The Hall–Kier alpha value is -1.31. The maximum Gasteiger partial charge on any atom is 0.128 e. The zero-order chi connectivity index (χ0) is 11.3. The van der Waals surface area contributed by atoms with Gasteiger partial charge in [0.25, 0.3) is 0 Å². The molecule has 2 heteroatoms. The van der Waals surface area contributed by atoms with Gasteiger partial charge in [-0.3, -0.25) is 4.99 Å². The summed E-state index contributed by atoms with van der Waals surface area (Å²) in [6.07, 6.45) is 1.88. The van der Waals surface area contributed by atoms with Crippen LogP contribution in [0.2, 0.25) is 0 Å². The van der Waals surface area contributed by atoms with Crippen LogP contribution in [-0.4, -0.2) is 18.4 Å². The van der Waals surface area contributed by atoms with Crippen molar-refractivity contribution in [2.45, 2.75) is 33.2 Å². The molecular weight excluding hydrogens is 186 g/mol. The first-order valence-corrected chi connectivity index (χ1v) is 5.30. The van der Waals surface area contributed by atoms with Gasteiger partial charge < -0.3 is 4.74 Å². The molecule has 1 rings (SSSR count). The van der Waals surface area contributed by atoms with Gasteiger partial charge in [0, 0.05) is 11.8 Å². The van der Waals surface area contributed by atoms with E-state index in [1.165, 1.54) is 0 Å². The van der Waals surface area contributed by atoms with Gasteiger partial charge in [-0.15, -0.1) is 0 Å². The highest BCUT2D eigenvalue weighted by Gasteiger charge is 2.06. The molecule has 0 saturated carbocycles. The Morgan fingerprint density at radius 1 is 1.27 bits per heavy atom. The van der Waals surface area contributed by atoms with Crippen LogP contribution in [-0.2, 0) is 0 Å². The van der Waals surface area contributed by atoms with Crippen molar-refractivity contribution in [1.29, 1.82) is 0 Å². The van der Waals surface area contributed by atoms with Gasteiger partial charge in [-0.25, -0.2) is 0 Å². The van der Waals surface area contributed by atoms with Gasteiger partial charge in [0.05, 0.1) is 12.1 Å². The molecule has 0 aliphatic heterocycles. The first-order valence-electron chi connectivity index (χ1n) is 5.30. The van der Waals surface area contributed by atoms with Crippen LogP contribution in [0, 0.1) is 0 Å². The van der Waals surface area contributed by atoms with Crippen LogP contribution in [0.15, 0.2) is 29.3 Å². The summed E-state index contributed by atoms with van der Waals surface area (Å²) in [6.45, 7) is 8.89. The number of aliphatic imine (C=N–C) groups is 1. The van der Waals surface area contributed by atoms with Gasteiger partial charge in [-0.05, 0) is 39.8 Å². The molecule has 0 N–H and O–H groups in total. The lowest BCUT2D eigenvalue weighted by Gasteiger charge is -2.12. The lowest BCUT2D eigenvalue weighted by Crippen LogP contribution is -2.09. The highest BCUT2D eigenvalue weighted by atomic mass is 16.5. The highest BCUT2D eigenvalue weighted by Crippen LogP contribution is 2.17. The maximum atomic E-state index is 5.51. The van der Waals surface area contributed by atoms with Crippen LogP contribution in [0.5, 0.6) is 5.75 Å². The van der Waals surface area contributed by atoms with Crippen molar-refractivity contribution in [2.75, 3.05) is 6.61 Å². The zero-order valence-electron chi connectivity index (χ0n) is 9.95. The lowest BCUT2D eigenvalue weighted by atomic mass is 10.1. The van der Waals surface area contributed by atoms with Crippen molar-refractivity contribution >= 4 is 6.21 Å². The maximum absolute atomic E-state index is 5.51. The van der Waals surface area contributed by atoms with Crippen LogP contribution >= 0.6 is 0 Å². The summed E-state index contributed by atoms with van der Waals surface area (Å²) >= 11 is 0. The van der Waals surface area contributed by atoms with Crippen molar-refractivity contribution in [1.82, 2.24) is 0 Å². The third-order valence-electron chi connectivity index (χ3n) is 1.81. The summed E-state index contributed by atoms with van der Waals surface area (Å²) in [5.41, 5.74) is 0.994. The SMILES string of the molecule is CCOc1ccccc1C=NC(C)(C)C. The minimum absolute atomic E-state index is 0.0423. The highest BCUT2D eigenvalue weighted by molar-refractivity contribution is 5.83. The molecule has 1 aromatic rings. The Kier molecular flexibility index (Phi) is 3.89. The first kappa shape index (κ1) is 11.8. The Balaban J connectivity index is 2.89. The molecule has 0 aromatic heterocycles. The smallest absolute Gasteiger partial charge is 0.128 e. The number of nitrogens with zero attached hydrogens (tertiary/aromatic N) is 1. The molecular formula is C13H19NO. The van der Waals surface area contributed by atoms with E-state index in [1.54, 1.807) is 0 Å². The monoisotopic (exact) mass is 205 g/mol. The van der Waals surface area contributed by atoms with Gasteiger partial charge in [-0.1, -0.05) is 12.1 Å². The molecule has 15 heavy (non-hydrogen) atoms. The molecule has 0 atom stereocenters. The lowest BCUT2D eigenvalue weighted by molar-refractivity contribution is 0.340. The Morgan fingerprint density at radius 2 is 1.93 bits per heavy atom. The molecule has 0 bridgehead atoms. The van der Waals surface area contributed by atoms with E-state index in [0.29, 0.717) is 6.61 Å². The Morgan fingerprint density at radius 3 is 2.53 bits per heavy atom. The van der Waals surface area contributed by atoms with Crippen molar-refractivity contribution in [2.24, 2.45) is 4.99 Å². The molecule has 0 heterocycles. The average molecular weight is 205 g/mol. The number of rotatable bonds is 3. The second-order valence-corrected chi connectivity index (χ2v) is 4.40. The van der Waals surface area contributed by atoms with Crippen molar-refractivity contribution in [3.05, 3.63) is 29.8 Å². The van der Waals surface area contributed by atoms with Gasteiger partial charge in [-0.2, -0.15) is 0 Å². The van der Waals surface area contributed by atoms with Crippen molar-refractivity contribution in [3.8, 4) is 5.75 Å². The topological polar surface area (TPSA) is 21.6 Å². The quantitative estimate of drug-likeness (QED) is 0.694. The predicted molar refractivity (Wildman–Crippen MR) is 65.0 cm³/mol.